The second kappa shape index (κ2) is 9.01. The van der Waals surface area contributed by atoms with Crippen LogP contribution >= 0.6 is 15.9 Å². The second-order valence-electron chi connectivity index (χ2n) is 7.35. The topological polar surface area (TPSA) is 101 Å². The lowest BCUT2D eigenvalue weighted by atomic mass is 9.97. The number of carboxylic acid groups (broad SMARTS) is 1. The molecule has 1 aromatic carbocycles. The van der Waals surface area contributed by atoms with Crippen LogP contribution in [0.2, 0.25) is 0 Å². The van der Waals surface area contributed by atoms with E-state index in [-0.39, 0.29) is 5.92 Å². The minimum atomic E-state index is -0.887. The number of fused-ring (bicyclic) bond motifs is 1. The number of rotatable bonds is 6. The first kappa shape index (κ1) is 21.2. The number of piperidine rings is 1. The van der Waals surface area contributed by atoms with Gasteiger partial charge in [-0.3, -0.25) is 4.40 Å². The van der Waals surface area contributed by atoms with E-state index >= 15 is 0 Å². The number of ether oxygens (including phenoxy) is 2. The highest BCUT2D eigenvalue weighted by atomic mass is 79.9. The summed E-state index contributed by atoms with van der Waals surface area (Å²) in [5.74, 6) is 2.99. The van der Waals surface area contributed by atoms with Crippen LogP contribution in [-0.2, 0) is 6.54 Å². The Balaban J connectivity index is 1.61. The number of benzene rings is 1. The van der Waals surface area contributed by atoms with Crippen molar-refractivity contribution in [2.75, 3.05) is 32.6 Å². The van der Waals surface area contributed by atoms with Gasteiger partial charge in [-0.15, -0.1) is 0 Å². The number of amides is 1. The molecule has 3 aromatic rings. The van der Waals surface area contributed by atoms with Crippen LogP contribution in [0.15, 0.2) is 35.2 Å². The zero-order valence-electron chi connectivity index (χ0n) is 17.3. The van der Waals surface area contributed by atoms with Gasteiger partial charge in [0.2, 0.25) is 0 Å². The molecule has 1 aliphatic rings. The quantitative estimate of drug-likeness (QED) is 0.539. The van der Waals surface area contributed by atoms with E-state index in [0.29, 0.717) is 30.1 Å². The summed E-state index contributed by atoms with van der Waals surface area (Å²) in [6.45, 7) is 1.51. The SMILES string of the molecule is COc1ccc(CNc2nccn3c(C4CCCN(C(=O)O)C4)nc(Br)c23)c(OC)c1. The number of imidazole rings is 1. The first-order chi connectivity index (χ1) is 15.0. The molecule has 1 fully saturated rings. The van der Waals surface area contributed by atoms with Gasteiger partial charge in [-0.1, -0.05) is 0 Å². The number of carbonyl (C=O) groups is 1. The first-order valence-corrected chi connectivity index (χ1v) is 10.8. The maximum absolute atomic E-state index is 11.4. The fraction of sp³-hybridized carbons (Fsp3) is 0.381. The van der Waals surface area contributed by atoms with Crippen LogP contribution in [0.25, 0.3) is 5.52 Å². The lowest BCUT2D eigenvalue weighted by molar-refractivity contribution is 0.129. The van der Waals surface area contributed by atoms with Gasteiger partial charge in [0.1, 0.15) is 27.4 Å². The van der Waals surface area contributed by atoms with Gasteiger partial charge in [-0.05, 0) is 40.9 Å². The standard InChI is InChI=1S/C21H24BrN5O4/c1-30-15-6-5-13(16(10-15)31-2)11-24-19-17-18(22)25-20(27(17)9-7-23-19)14-4-3-8-26(12-14)21(28)29/h5-7,9-10,14H,3-4,8,11-12H2,1-2H3,(H,23,24)(H,28,29). The van der Waals surface area contributed by atoms with Crippen molar-refractivity contribution in [3.8, 4) is 11.5 Å². The van der Waals surface area contributed by atoms with Crippen LogP contribution in [0.4, 0.5) is 10.6 Å². The third-order valence-corrected chi connectivity index (χ3v) is 6.09. The van der Waals surface area contributed by atoms with E-state index in [1.807, 2.05) is 28.8 Å². The average Bonchev–Trinajstić information content (AvgIpc) is 3.14. The van der Waals surface area contributed by atoms with Crippen molar-refractivity contribution < 1.29 is 19.4 Å². The number of nitrogens with one attached hydrogen (secondary N) is 1. The molecule has 0 radical (unpaired) electrons. The van der Waals surface area contributed by atoms with E-state index in [0.717, 1.165) is 41.2 Å². The Labute approximate surface area is 188 Å². The molecule has 1 saturated heterocycles. The number of likely N-dealkylation sites (tertiary alicyclic amines) is 1. The minimum Gasteiger partial charge on any atom is -0.497 e. The maximum Gasteiger partial charge on any atom is 0.407 e. The van der Waals surface area contributed by atoms with E-state index in [4.69, 9.17) is 14.5 Å². The number of hydrogen-bond acceptors (Lipinski definition) is 6. The van der Waals surface area contributed by atoms with Gasteiger partial charge in [0.05, 0.1) is 14.2 Å². The summed E-state index contributed by atoms with van der Waals surface area (Å²) in [6, 6.07) is 5.68. The van der Waals surface area contributed by atoms with Gasteiger partial charge in [0, 0.05) is 49.6 Å². The van der Waals surface area contributed by atoms with Crippen molar-refractivity contribution in [2.24, 2.45) is 0 Å². The molecular formula is C21H24BrN5O4. The van der Waals surface area contributed by atoms with Gasteiger partial charge in [-0.25, -0.2) is 14.8 Å². The van der Waals surface area contributed by atoms with Crippen LogP contribution in [0.1, 0.15) is 30.1 Å². The van der Waals surface area contributed by atoms with Crippen LogP contribution in [-0.4, -0.2) is 57.8 Å². The van der Waals surface area contributed by atoms with Crippen LogP contribution < -0.4 is 14.8 Å². The Morgan fingerprint density at radius 1 is 1.35 bits per heavy atom. The predicted molar refractivity (Wildman–Crippen MR) is 119 cm³/mol. The second-order valence-corrected chi connectivity index (χ2v) is 8.11. The molecule has 2 aromatic heterocycles. The summed E-state index contributed by atoms with van der Waals surface area (Å²) in [4.78, 5) is 22.1. The van der Waals surface area contributed by atoms with E-state index in [1.165, 1.54) is 4.90 Å². The Hall–Kier alpha value is -3.01. The van der Waals surface area contributed by atoms with Crippen LogP contribution in [0, 0.1) is 0 Å². The fourth-order valence-electron chi connectivity index (χ4n) is 3.98. The highest BCUT2D eigenvalue weighted by Crippen LogP contribution is 2.33. The van der Waals surface area contributed by atoms with Gasteiger partial charge >= 0.3 is 6.09 Å². The van der Waals surface area contributed by atoms with E-state index < -0.39 is 6.09 Å². The maximum atomic E-state index is 11.4. The first-order valence-electron chi connectivity index (χ1n) is 9.97. The van der Waals surface area contributed by atoms with Crippen molar-refractivity contribution in [1.82, 2.24) is 19.3 Å². The van der Waals surface area contributed by atoms with Gasteiger partial charge in [0.15, 0.2) is 5.82 Å². The molecule has 31 heavy (non-hydrogen) atoms. The van der Waals surface area contributed by atoms with E-state index in [9.17, 15) is 9.90 Å². The molecule has 1 atom stereocenters. The number of anilines is 1. The summed E-state index contributed by atoms with van der Waals surface area (Å²) in [5, 5.41) is 12.7. The lowest BCUT2D eigenvalue weighted by Crippen LogP contribution is -2.38. The molecule has 0 aliphatic carbocycles. The number of hydrogen-bond donors (Lipinski definition) is 2. The molecule has 1 aliphatic heterocycles. The Morgan fingerprint density at radius 2 is 2.19 bits per heavy atom. The summed E-state index contributed by atoms with van der Waals surface area (Å²) >= 11 is 3.57. The molecular weight excluding hydrogens is 466 g/mol. The Kier molecular flexibility index (Phi) is 6.17. The zero-order valence-corrected chi connectivity index (χ0v) is 18.9. The molecule has 0 spiro atoms. The molecule has 3 heterocycles. The Bertz CT molecular complexity index is 1100. The summed E-state index contributed by atoms with van der Waals surface area (Å²) in [6.07, 6.45) is 4.40. The molecule has 0 saturated carbocycles. The number of aromatic nitrogens is 3. The summed E-state index contributed by atoms with van der Waals surface area (Å²) in [7, 11) is 3.25. The average molecular weight is 490 g/mol. The number of halogens is 1. The van der Waals surface area contributed by atoms with Gasteiger partial charge < -0.3 is 24.8 Å². The van der Waals surface area contributed by atoms with E-state index in [1.54, 1.807) is 20.4 Å². The smallest absolute Gasteiger partial charge is 0.407 e. The summed E-state index contributed by atoms with van der Waals surface area (Å²) in [5.41, 5.74) is 1.78. The third-order valence-electron chi connectivity index (χ3n) is 5.54. The lowest BCUT2D eigenvalue weighted by Gasteiger charge is -2.29. The number of methoxy groups -OCH3 is 2. The minimum absolute atomic E-state index is 0.0283. The molecule has 2 N–H and O–H groups in total. The highest BCUT2D eigenvalue weighted by molar-refractivity contribution is 9.10. The molecule has 0 bridgehead atoms. The van der Waals surface area contributed by atoms with Crippen molar-refractivity contribution in [1.29, 1.82) is 0 Å². The van der Waals surface area contributed by atoms with Crippen molar-refractivity contribution >= 4 is 33.4 Å². The number of nitrogens with zero attached hydrogens (tertiary/aromatic N) is 4. The van der Waals surface area contributed by atoms with Crippen molar-refractivity contribution in [3.05, 3.63) is 46.6 Å². The predicted octanol–water partition coefficient (Wildman–Crippen LogP) is 3.98. The summed E-state index contributed by atoms with van der Waals surface area (Å²) < 4.78 is 13.4. The molecule has 10 heteroatoms. The van der Waals surface area contributed by atoms with Crippen LogP contribution in [0.3, 0.4) is 0 Å². The van der Waals surface area contributed by atoms with E-state index in [2.05, 4.69) is 26.2 Å². The molecule has 4 rings (SSSR count). The Morgan fingerprint density at radius 3 is 2.94 bits per heavy atom. The monoisotopic (exact) mass is 489 g/mol. The largest absolute Gasteiger partial charge is 0.497 e. The zero-order chi connectivity index (χ0) is 22.0. The fourth-order valence-corrected chi connectivity index (χ4v) is 4.54. The highest BCUT2D eigenvalue weighted by Gasteiger charge is 2.28. The van der Waals surface area contributed by atoms with Crippen LogP contribution in [0.5, 0.6) is 11.5 Å². The van der Waals surface area contributed by atoms with Gasteiger partial charge in [-0.2, -0.15) is 0 Å². The normalized spacial score (nSPS) is 16.4. The van der Waals surface area contributed by atoms with Crippen molar-refractivity contribution in [3.63, 3.8) is 0 Å². The molecule has 1 amide bonds. The molecule has 1 unspecified atom stereocenters. The molecule has 164 valence electrons. The van der Waals surface area contributed by atoms with Crippen molar-refractivity contribution in [2.45, 2.75) is 25.3 Å². The molecule has 9 nitrogen and oxygen atoms in total. The van der Waals surface area contributed by atoms with Gasteiger partial charge in [0.25, 0.3) is 0 Å². The third kappa shape index (κ3) is 4.25.